The zero-order chi connectivity index (χ0) is 17.7. The monoisotopic (exact) mass is 337 g/mol. The molecule has 0 radical (unpaired) electrons. The zero-order valence-corrected chi connectivity index (χ0v) is 13.2. The van der Waals surface area contributed by atoms with Gasteiger partial charge in [-0.25, -0.2) is 4.57 Å². The number of ether oxygens (including phenoxy) is 1. The molecule has 0 aliphatic heterocycles. The average molecular weight is 337 g/mol. The second kappa shape index (κ2) is 7.34. The maximum atomic E-state index is 9.75. The predicted octanol–water partition coefficient (Wildman–Crippen LogP) is 4.64. The quantitative estimate of drug-likeness (QED) is 0.377. The molecule has 1 heterocycles. The second-order valence-electron chi connectivity index (χ2n) is 5.08. The molecule has 0 bridgehead atoms. The van der Waals surface area contributed by atoms with E-state index in [1.165, 1.54) is 22.0 Å². The zero-order valence-electron chi connectivity index (χ0n) is 13.2. The van der Waals surface area contributed by atoms with Crippen LogP contribution in [-0.4, -0.2) is 14.4 Å². The van der Waals surface area contributed by atoms with Crippen LogP contribution in [0.25, 0.3) is 22.0 Å². The van der Waals surface area contributed by atoms with E-state index in [1.54, 1.807) is 7.11 Å². The highest BCUT2D eigenvalue weighted by Crippen LogP contribution is 2.29. The minimum absolute atomic E-state index is 0.885. The van der Waals surface area contributed by atoms with Crippen molar-refractivity contribution in [2.45, 2.75) is 0 Å². The molecule has 0 amide bonds. The van der Waals surface area contributed by atoms with E-state index >= 15 is 0 Å². The molecule has 1 aromatic heterocycles. The van der Waals surface area contributed by atoms with Crippen molar-refractivity contribution >= 4 is 18.2 Å². The molecule has 3 rings (SSSR count). The van der Waals surface area contributed by atoms with Crippen molar-refractivity contribution in [2.75, 3.05) is 7.11 Å². The standard InChI is InChI=1S/C17H16NO.BF4/c1-18-11-10-15(13-6-4-3-5-7-13)16-12-14(19-2)8-9-17(16)18;2-1(3,4)5/h3-12H,1-2H3;/q+1;-1. The van der Waals surface area contributed by atoms with Crippen LogP contribution in [0.3, 0.4) is 0 Å². The van der Waals surface area contributed by atoms with Crippen LogP contribution in [0.4, 0.5) is 17.3 Å². The fourth-order valence-corrected chi connectivity index (χ4v) is 2.39. The molecular weight excluding hydrogens is 321 g/mol. The van der Waals surface area contributed by atoms with Crippen molar-refractivity contribution in [3.05, 3.63) is 60.8 Å². The van der Waals surface area contributed by atoms with Crippen LogP contribution in [0.2, 0.25) is 0 Å². The van der Waals surface area contributed by atoms with Crippen molar-refractivity contribution < 1.29 is 26.6 Å². The number of rotatable bonds is 2. The van der Waals surface area contributed by atoms with Crippen LogP contribution in [0.1, 0.15) is 0 Å². The summed E-state index contributed by atoms with van der Waals surface area (Å²) >= 11 is 0. The van der Waals surface area contributed by atoms with Gasteiger partial charge < -0.3 is 22.0 Å². The van der Waals surface area contributed by atoms with Gasteiger partial charge in [0.05, 0.1) is 12.5 Å². The number of hydrogen-bond donors (Lipinski definition) is 0. The van der Waals surface area contributed by atoms with Gasteiger partial charge in [0.2, 0.25) is 5.52 Å². The first-order valence-electron chi connectivity index (χ1n) is 7.18. The Kier molecular flexibility index (Phi) is 5.44. The van der Waals surface area contributed by atoms with Gasteiger partial charge in [-0.05, 0) is 17.7 Å². The van der Waals surface area contributed by atoms with Gasteiger partial charge in [0.1, 0.15) is 12.8 Å². The van der Waals surface area contributed by atoms with Crippen molar-refractivity contribution in [3.63, 3.8) is 0 Å². The van der Waals surface area contributed by atoms with Crippen LogP contribution < -0.4 is 9.30 Å². The number of fused-ring (bicyclic) bond motifs is 1. The highest BCUT2D eigenvalue weighted by Gasteiger charge is 2.20. The average Bonchev–Trinajstić information content (AvgIpc) is 2.54. The maximum Gasteiger partial charge on any atom is 0.673 e. The van der Waals surface area contributed by atoms with Crippen LogP contribution in [0.5, 0.6) is 5.75 Å². The largest absolute Gasteiger partial charge is 0.673 e. The van der Waals surface area contributed by atoms with Crippen molar-refractivity contribution in [3.8, 4) is 16.9 Å². The van der Waals surface area contributed by atoms with E-state index in [9.17, 15) is 17.3 Å². The SMILES string of the molecule is COc1ccc2c(c1)c(-c1ccccc1)cc[n+]2C.F[B-](F)(F)F. The Morgan fingerprint density at radius 2 is 1.54 bits per heavy atom. The van der Waals surface area contributed by atoms with E-state index < -0.39 is 7.25 Å². The highest BCUT2D eigenvalue weighted by molar-refractivity contribution is 6.50. The van der Waals surface area contributed by atoms with Gasteiger partial charge in [0.25, 0.3) is 0 Å². The Balaban J connectivity index is 0.000000368. The van der Waals surface area contributed by atoms with E-state index in [-0.39, 0.29) is 0 Å². The first-order valence-corrected chi connectivity index (χ1v) is 7.18. The van der Waals surface area contributed by atoms with Gasteiger partial charge in [0, 0.05) is 17.7 Å². The molecule has 0 N–H and O–H groups in total. The number of pyridine rings is 1. The third-order valence-corrected chi connectivity index (χ3v) is 3.42. The van der Waals surface area contributed by atoms with E-state index in [4.69, 9.17) is 4.74 Å². The summed E-state index contributed by atoms with van der Waals surface area (Å²) in [5.41, 5.74) is 3.65. The van der Waals surface area contributed by atoms with Crippen LogP contribution >= 0.6 is 0 Å². The summed E-state index contributed by atoms with van der Waals surface area (Å²) in [5.74, 6) is 0.885. The number of hydrogen-bond acceptors (Lipinski definition) is 1. The minimum Gasteiger partial charge on any atom is -0.497 e. The van der Waals surface area contributed by atoms with E-state index in [0.29, 0.717) is 0 Å². The van der Waals surface area contributed by atoms with Gasteiger partial charge in [0.15, 0.2) is 6.20 Å². The molecule has 24 heavy (non-hydrogen) atoms. The van der Waals surface area contributed by atoms with Crippen molar-refractivity contribution in [1.29, 1.82) is 0 Å². The minimum atomic E-state index is -6.00. The summed E-state index contributed by atoms with van der Waals surface area (Å²) in [4.78, 5) is 0. The molecule has 0 unspecified atom stereocenters. The van der Waals surface area contributed by atoms with Crippen molar-refractivity contribution in [1.82, 2.24) is 0 Å². The number of methoxy groups -OCH3 is 1. The van der Waals surface area contributed by atoms with Gasteiger partial charge in [-0.3, -0.25) is 0 Å². The molecule has 0 fully saturated rings. The molecular formula is C17H16BF4NO. The summed E-state index contributed by atoms with van der Waals surface area (Å²) in [6.45, 7) is 0. The third kappa shape index (κ3) is 4.71. The number of halogens is 4. The van der Waals surface area contributed by atoms with E-state index in [2.05, 4.69) is 60.3 Å². The maximum absolute atomic E-state index is 9.75. The molecule has 2 nitrogen and oxygen atoms in total. The Labute approximate surface area is 137 Å². The lowest BCUT2D eigenvalue weighted by Gasteiger charge is -2.07. The molecule has 0 aliphatic carbocycles. The van der Waals surface area contributed by atoms with Crippen molar-refractivity contribution in [2.24, 2.45) is 7.05 Å². The van der Waals surface area contributed by atoms with Gasteiger partial charge in [-0.1, -0.05) is 30.3 Å². The summed E-state index contributed by atoms with van der Waals surface area (Å²) < 4.78 is 46.5. The summed E-state index contributed by atoms with van der Waals surface area (Å²) in [6, 6.07) is 18.8. The lowest BCUT2D eigenvalue weighted by molar-refractivity contribution is -0.644. The normalized spacial score (nSPS) is 10.9. The number of benzene rings is 2. The molecule has 0 atom stereocenters. The predicted molar refractivity (Wildman–Crippen MR) is 87.3 cm³/mol. The van der Waals surface area contributed by atoms with Crippen LogP contribution in [-0.2, 0) is 7.05 Å². The molecule has 2 aromatic carbocycles. The highest BCUT2D eigenvalue weighted by atomic mass is 19.5. The molecule has 0 saturated heterocycles. The number of aryl methyl sites for hydroxylation is 1. The summed E-state index contributed by atoms with van der Waals surface area (Å²) in [6.07, 6.45) is 2.09. The summed E-state index contributed by atoms with van der Waals surface area (Å²) in [7, 11) is -2.24. The molecule has 0 saturated carbocycles. The Hall–Kier alpha value is -2.57. The third-order valence-electron chi connectivity index (χ3n) is 3.42. The molecule has 0 aliphatic rings. The Morgan fingerprint density at radius 3 is 2.12 bits per heavy atom. The first kappa shape index (κ1) is 17.8. The van der Waals surface area contributed by atoms with Gasteiger partial charge in [-0.2, -0.15) is 0 Å². The molecule has 0 spiro atoms. The van der Waals surface area contributed by atoms with E-state index in [1.807, 2.05) is 12.1 Å². The van der Waals surface area contributed by atoms with Gasteiger partial charge in [-0.15, -0.1) is 0 Å². The Morgan fingerprint density at radius 1 is 0.917 bits per heavy atom. The summed E-state index contributed by atoms with van der Waals surface area (Å²) in [5, 5.41) is 1.20. The lowest BCUT2D eigenvalue weighted by atomic mass is 10.0. The fraction of sp³-hybridized carbons (Fsp3) is 0.118. The van der Waals surface area contributed by atoms with E-state index in [0.717, 1.165) is 5.75 Å². The number of nitrogens with zero attached hydrogens (tertiary/aromatic N) is 1. The topological polar surface area (TPSA) is 13.1 Å². The van der Waals surface area contributed by atoms with Crippen LogP contribution in [0.15, 0.2) is 60.8 Å². The smallest absolute Gasteiger partial charge is 0.497 e. The molecule has 7 heteroatoms. The fourth-order valence-electron chi connectivity index (χ4n) is 2.39. The van der Waals surface area contributed by atoms with Crippen LogP contribution in [0, 0.1) is 0 Å². The first-order chi connectivity index (χ1) is 11.3. The number of aromatic nitrogens is 1. The lowest BCUT2D eigenvalue weighted by Crippen LogP contribution is -2.28. The second-order valence-corrected chi connectivity index (χ2v) is 5.08. The molecule has 126 valence electrons. The van der Waals surface area contributed by atoms with Gasteiger partial charge >= 0.3 is 7.25 Å². The Bertz CT molecular complexity index is 816. The molecule has 3 aromatic rings.